The number of anilines is 6. The van der Waals surface area contributed by atoms with Gasteiger partial charge in [-0.05, 0) is 36.4 Å². The molecule has 0 atom stereocenters. The van der Waals surface area contributed by atoms with E-state index in [-0.39, 0.29) is 20.4 Å². The molecule has 0 fully saturated rings. The summed E-state index contributed by atoms with van der Waals surface area (Å²) in [5.41, 5.74) is 2.19. The zero-order valence-corrected chi connectivity index (χ0v) is 18.6. The van der Waals surface area contributed by atoms with Gasteiger partial charge in [-0.1, -0.05) is 0 Å². The van der Waals surface area contributed by atoms with Crippen molar-refractivity contribution in [1.29, 1.82) is 0 Å². The van der Waals surface area contributed by atoms with Gasteiger partial charge in [0.2, 0.25) is 38.2 Å². The minimum atomic E-state index is 0.192. The predicted octanol–water partition coefficient (Wildman–Crippen LogP) is 4.29. The van der Waals surface area contributed by atoms with Crippen LogP contribution in [-0.2, 0) is 0 Å². The van der Waals surface area contributed by atoms with Crippen LogP contribution in [0.4, 0.5) is 34.9 Å². The number of hydrogen-bond donors (Lipinski definition) is 3. The molecule has 0 unspecified atom stereocenters. The van der Waals surface area contributed by atoms with Gasteiger partial charge in [-0.15, -0.1) is 0 Å². The molecule has 3 aliphatic heterocycles. The topological polar surface area (TPSA) is 130 Å². The molecule has 0 saturated carbocycles. The Hall–Kier alpha value is -5.13. The number of benzene rings is 3. The molecule has 180 valence electrons. The highest BCUT2D eigenvalue weighted by Crippen LogP contribution is 2.37. The van der Waals surface area contributed by atoms with Crippen LogP contribution in [0.3, 0.4) is 0 Å². The molecule has 0 spiro atoms. The van der Waals surface area contributed by atoms with Gasteiger partial charge in [0.05, 0.1) is 0 Å². The van der Waals surface area contributed by atoms with Crippen LogP contribution >= 0.6 is 0 Å². The molecule has 12 heteroatoms. The number of nitrogens with zero attached hydrogens (tertiary/aromatic N) is 3. The van der Waals surface area contributed by atoms with Gasteiger partial charge in [-0.3, -0.25) is 0 Å². The summed E-state index contributed by atoms with van der Waals surface area (Å²) in [6.45, 7) is 0.577. The number of rotatable bonds is 6. The van der Waals surface area contributed by atoms with Gasteiger partial charge in [-0.2, -0.15) is 15.0 Å². The van der Waals surface area contributed by atoms with E-state index in [1.54, 1.807) is 0 Å². The molecule has 3 aromatic carbocycles. The molecular weight excluding hydrogens is 468 g/mol. The quantitative estimate of drug-likeness (QED) is 0.359. The lowest BCUT2D eigenvalue weighted by atomic mass is 10.3. The standard InChI is InChI=1S/C24H18N6O6/c1-4-16-19(34-10-31-16)7-13(1)25-22-28-23(26-14-2-5-17-20(8-14)35-11-32-17)30-24(29-22)27-15-3-6-18-21(9-15)36-12-33-18/h1-9H,10-12H2,(H3,25,26,27,28,29,30). The van der Waals surface area contributed by atoms with Crippen molar-refractivity contribution in [3.8, 4) is 34.5 Å². The Morgan fingerprint density at radius 2 is 0.722 bits per heavy atom. The molecule has 3 N–H and O–H groups in total. The highest BCUT2D eigenvalue weighted by atomic mass is 16.7. The maximum Gasteiger partial charge on any atom is 0.233 e. The number of ether oxygens (including phenoxy) is 6. The number of aromatic nitrogens is 3. The lowest BCUT2D eigenvalue weighted by molar-refractivity contribution is 0.173. The molecule has 1 aromatic heterocycles. The van der Waals surface area contributed by atoms with E-state index < -0.39 is 0 Å². The summed E-state index contributed by atoms with van der Waals surface area (Å²) in [5.74, 6) is 4.94. The number of fused-ring (bicyclic) bond motifs is 3. The van der Waals surface area contributed by atoms with Gasteiger partial charge in [0, 0.05) is 35.3 Å². The zero-order valence-electron chi connectivity index (χ0n) is 18.6. The molecule has 4 heterocycles. The van der Waals surface area contributed by atoms with Crippen LogP contribution in [-0.4, -0.2) is 35.3 Å². The fourth-order valence-corrected chi connectivity index (χ4v) is 3.85. The monoisotopic (exact) mass is 486 g/mol. The first kappa shape index (κ1) is 20.3. The number of nitrogens with one attached hydrogen (secondary N) is 3. The summed E-state index contributed by atoms with van der Waals surface area (Å²) >= 11 is 0. The minimum Gasteiger partial charge on any atom is -0.454 e. The number of hydrogen-bond acceptors (Lipinski definition) is 12. The van der Waals surface area contributed by atoms with Crippen LogP contribution in [0.25, 0.3) is 0 Å². The molecule has 4 aromatic rings. The average Bonchev–Trinajstić information content (AvgIpc) is 3.63. The summed E-state index contributed by atoms with van der Waals surface area (Å²) in [4.78, 5) is 13.6. The van der Waals surface area contributed by atoms with Crippen molar-refractivity contribution < 1.29 is 28.4 Å². The van der Waals surface area contributed by atoms with Crippen molar-refractivity contribution in [1.82, 2.24) is 15.0 Å². The highest BCUT2D eigenvalue weighted by Gasteiger charge is 2.17. The maximum atomic E-state index is 5.47. The Kier molecular flexibility index (Phi) is 4.65. The van der Waals surface area contributed by atoms with Gasteiger partial charge in [0.15, 0.2) is 34.5 Å². The molecule has 36 heavy (non-hydrogen) atoms. The second-order valence-corrected chi connectivity index (χ2v) is 7.89. The third-order valence-corrected chi connectivity index (χ3v) is 5.52. The van der Waals surface area contributed by atoms with E-state index in [1.165, 1.54) is 0 Å². The largest absolute Gasteiger partial charge is 0.454 e. The Bertz CT molecular complexity index is 1290. The molecule has 12 nitrogen and oxygen atoms in total. The first-order valence-electron chi connectivity index (χ1n) is 11.0. The molecule has 3 aliphatic rings. The molecular formula is C24H18N6O6. The molecule has 0 aliphatic carbocycles. The van der Waals surface area contributed by atoms with E-state index in [0.717, 1.165) is 17.1 Å². The van der Waals surface area contributed by atoms with Crippen LogP contribution in [0.5, 0.6) is 34.5 Å². The van der Waals surface area contributed by atoms with Crippen molar-refractivity contribution in [2.24, 2.45) is 0 Å². The molecule has 7 rings (SSSR count). The van der Waals surface area contributed by atoms with Gasteiger partial charge < -0.3 is 44.4 Å². The Labute approximate surface area is 204 Å². The van der Waals surface area contributed by atoms with Crippen molar-refractivity contribution in [3.05, 3.63) is 54.6 Å². The third-order valence-electron chi connectivity index (χ3n) is 5.52. The average molecular weight is 486 g/mol. The first-order chi connectivity index (χ1) is 17.7. The summed E-state index contributed by atoms with van der Waals surface area (Å²) in [6.07, 6.45) is 0. The second kappa shape index (κ2) is 8.27. The normalized spacial score (nSPS) is 14.0. The smallest absolute Gasteiger partial charge is 0.233 e. The van der Waals surface area contributed by atoms with Gasteiger partial charge in [-0.25, -0.2) is 0 Å². The van der Waals surface area contributed by atoms with Crippen LogP contribution in [0, 0.1) is 0 Å². The SMILES string of the molecule is c1cc2c(cc1Nc1nc(Nc3ccc4c(c3)OCO4)nc(Nc3ccc4c(c3)OCO4)n1)OCO2. The summed E-state index contributed by atoms with van der Waals surface area (Å²) in [7, 11) is 0. The predicted molar refractivity (Wildman–Crippen MR) is 127 cm³/mol. The fraction of sp³-hybridized carbons (Fsp3) is 0.125. The fourth-order valence-electron chi connectivity index (χ4n) is 3.85. The van der Waals surface area contributed by atoms with E-state index >= 15 is 0 Å². The summed E-state index contributed by atoms with van der Waals surface area (Å²) in [5, 5.41) is 9.61. The van der Waals surface area contributed by atoms with E-state index in [2.05, 4.69) is 30.9 Å². The molecule has 0 bridgehead atoms. The van der Waals surface area contributed by atoms with Crippen molar-refractivity contribution >= 4 is 34.9 Å². The van der Waals surface area contributed by atoms with Crippen LogP contribution in [0.1, 0.15) is 0 Å². The highest BCUT2D eigenvalue weighted by molar-refractivity contribution is 5.66. The van der Waals surface area contributed by atoms with Crippen LogP contribution in [0.2, 0.25) is 0 Å². The van der Waals surface area contributed by atoms with Gasteiger partial charge in [0.1, 0.15) is 0 Å². The van der Waals surface area contributed by atoms with E-state index in [0.29, 0.717) is 52.3 Å². The molecule has 0 radical (unpaired) electrons. The van der Waals surface area contributed by atoms with E-state index in [9.17, 15) is 0 Å². The summed E-state index contributed by atoms with van der Waals surface area (Å²) < 4.78 is 32.6. The van der Waals surface area contributed by atoms with Crippen molar-refractivity contribution in [2.75, 3.05) is 36.3 Å². The zero-order chi connectivity index (χ0) is 23.9. The lowest BCUT2D eigenvalue weighted by Gasteiger charge is -2.12. The Balaban J connectivity index is 1.20. The summed E-state index contributed by atoms with van der Waals surface area (Å²) in [6, 6.07) is 16.5. The molecule has 0 amide bonds. The maximum absolute atomic E-state index is 5.47. The molecule has 0 saturated heterocycles. The van der Waals surface area contributed by atoms with Gasteiger partial charge in [0.25, 0.3) is 0 Å². The Morgan fingerprint density at radius 3 is 1.06 bits per heavy atom. The van der Waals surface area contributed by atoms with Crippen molar-refractivity contribution in [3.63, 3.8) is 0 Å². The first-order valence-corrected chi connectivity index (χ1v) is 11.0. The van der Waals surface area contributed by atoms with E-state index in [1.807, 2.05) is 54.6 Å². The Morgan fingerprint density at radius 1 is 0.417 bits per heavy atom. The second-order valence-electron chi connectivity index (χ2n) is 7.89. The van der Waals surface area contributed by atoms with E-state index in [4.69, 9.17) is 28.4 Å². The van der Waals surface area contributed by atoms with Crippen molar-refractivity contribution in [2.45, 2.75) is 0 Å². The lowest BCUT2D eigenvalue weighted by Crippen LogP contribution is -2.07. The van der Waals surface area contributed by atoms with Gasteiger partial charge >= 0.3 is 0 Å². The third kappa shape index (κ3) is 3.90. The van der Waals surface area contributed by atoms with Crippen LogP contribution < -0.4 is 44.4 Å². The van der Waals surface area contributed by atoms with Crippen LogP contribution in [0.15, 0.2) is 54.6 Å². The minimum absolute atomic E-state index is 0.192.